The van der Waals surface area contributed by atoms with Gasteiger partial charge in [0.15, 0.2) is 0 Å². The molecule has 0 aromatic carbocycles. The van der Waals surface area contributed by atoms with Crippen molar-refractivity contribution < 1.29 is 5.11 Å². The zero-order valence-corrected chi connectivity index (χ0v) is 13.0. The van der Waals surface area contributed by atoms with E-state index in [4.69, 9.17) is 0 Å². The van der Waals surface area contributed by atoms with E-state index in [1.54, 1.807) is 0 Å². The Morgan fingerprint density at radius 1 is 1.11 bits per heavy atom. The molecule has 2 aliphatic carbocycles. The van der Waals surface area contributed by atoms with Crippen LogP contribution in [0.3, 0.4) is 0 Å². The lowest BCUT2D eigenvalue weighted by Crippen LogP contribution is -2.42. The summed E-state index contributed by atoms with van der Waals surface area (Å²) in [6, 6.07) is 0.838. The zero-order chi connectivity index (χ0) is 13.7. The summed E-state index contributed by atoms with van der Waals surface area (Å²) >= 11 is 0. The van der Waals surface area contributed by atoms with Crippen molar-refractivity contribution in [2.75, 3.05) is 19.7 Å². The minimum absolute atomic E-state index is 0.218. The molecule has 112 valence electrons. The second-order valence-electron chi connectivity index (χ2n) is 7.46. The fourth-order valence-corrected chi connectivity index (χ4v) is 3.53. The van der Waals surface area contributed by atoms with Gasteiger partial charge in [-0.1, -0.05) is 39.5 Å². The molecule has 2 saturated carbocycles. The van der Waals surface area contributed by atoms with Crippen LogP contribution in [0, 0.1) is 11.3 Å². The standard InChI is InChI=1S/C17H33NO/c1-15(2)9-12-18(16-7-8-16)13-17(14-19)10-5-3-4-6-11-17/h15-16,19H,3-14H2,1-2H3. The van der Waals surface area contributed by atoms with Crippen molar-refractivity contribution in [2.45, 2.75) is 77.7 Å². The van der Waals surface area contributed by atoms with Gasteiger partial charge in [0.2, 0.25) is 0 Å². The molecule has 2 heteroatoms. The normalized spacial score (nSPS) is 23.8. The molecular formula is C17H33NO. The van der Waals surface area contributed by atoms with Gasteiger partial charge >= 0.3 is 0 Å². The molecule has 0 unspecified atom stereocenters. The summed E-state index contributed by atoms with van der Waals surface area (Å²) in [5.41, 5.74) is 0.218. The second-order valence-corrected chi connectivity index (χ2v) is 7.46. The van der Waals surface area contributed by atoms with Gasteiger partial charge in [-0.05, 0) is 44.6 Å². The highest BCUT2D eigenvalue weighted by atomic mass is 16.3. The lowest BCUT2D eigenvalue weighted by Gasteiger charge is -2.37. The summed E-state index contributed by atoms with van der Waals surface area (Å²) in [6.45, 7) is 7.43. The summed E-state index contributed by atoms with van der Waals surface area (Å²) in [4.78, 5) is 2.71. The van der Waals surface area contributed by atoms with E-state index >= 15 is 0 Å². The summed E-state index contributed by atoms with van der Waals surface area (Å²) < 4.78 is 0. The lowest BCUT2D eigenvalue weighted by atomic mass is 9.80. The molecule has 0 heterocycles. The molecule has 0 radical (unpaired) electrons. The predicted molar refractivity (Wildman–Crippen MR) is 81.3 cm³/mol. The number of nitrogens with zero attached hydrogens (tertiary/aromatic N) is 1. The first-order valence-electron chi connectivity index (χ1n) is 8.50. The number of aliphatic hydroxyl groups excluding tert-OH is 1. The molecule has 0 amide bonds. The van der Waals surface area contributed by atoms with Crippen LogP contribution in [-0.2, 0) is 0 Å². The van der Waals surface area contributed by atoms with Crippen LogP contribution in [0.15, 0.2) is 0 Å². The Hall–Kier alpha value is -0.0800. The first-order valence-corrected chi connectivity index (χ1v) is 8.50. The highest BCUT2D eigenvalue weighted by Crippen LogP contribution is 2.38. The van der Waals surface area contributed by atoms with E-state index in [9.17, 15) is 5.11 Å². The Balaban J connectivity index is 1.92. The zero-order valence-electron chi connectivity index (χ0n) is 13.0. The summed E-state index contributed by atoms with van der Waals surface area (Å²) in [6.07, 6.45) is 12.0. The van der Waals surface area contributed by atoms with Gasteiger partial charge in [-0.2, -0.15) is 0 Å². The maximum atomic E-state index is 9.97. The molecule has 2 aliphatic rings. The average Bonchev–Trinajstić information content (AvgIpc) is 3.21. The molecule has 0 aromatic rings. The fourth-order valence-electron chi connectivity index (χ4n) is 3.53. The van der Waals surface area contributed by atoms with E-state index in [-0.39, 0.29) is 5.41 Å². The minimum Gasteiger partial charge on any atom is -0.396 e. The van der Waals surface area contributed by atoms with Gasteiger partial charge in [-0.25, -0.2) is 0 Å². The van der Waals surface area contributed by atoms with Crippen molar-refractivity contribution in [3.8, 4) is 0 Å². The van der Waals surface area contributed by atoms with Crippen LogP contribution < -0.4 is 0 Å². The van der Waals surface area contributed by atoms with Gasteiger partial charge in [0, 0.05) is 24.6 Å². The highest BCUT2D eigenvalue weighted by molar-refractivity contribution is 4.91. The fraction of sp³-hybridized carbons (Fsp3) is 1.00. The van der Waals surface area contributed by atoms with E-state index in [0.717, 1.165) is 18.5 Å². The Bertz CT molecular complexity index is 252. The van der Waals surface area contributed by atoms with Crippen LogP contribution in [0.4, 0.5) is 0 Å². The van der Waals surface area contributed by atoms with E-state index < -0.39 is 0 Å². The van der Waals surface area contributed by atoms with Crippen LogP contribution in [0.1, 0.15) is 71.6 Å². The van der Waals surface area contributed by atoms with Gasteiger partial charge < -0.3 is 5.11 Å². The summed E-state index contributed by atoms with van der Waals surface area (Å²) in [5, 5.41) is 9.97. The Labute approximate surface area is 119 Å². The maximum absolute atomic E-state index is 9.97. The molecule has 19 heavy (non-hydrogen) atoms. The van der Waals surface area contributed by atoms with Crippen LogP contribution in [-0.4, -0.2) is 35.7 Å². The van der Waals surface area contributed by atoms with E-state index in [0.29, 0.717) is 6.61 Å². The number of hydrogen-bond acceptors (Lipinski definition) is 2. The monoisotopic (exact) mass is 267 g/mol. The first kappa shape index (κ1) is 15.3. The van der Waals surface area contributed by atoms with Crippen LogP contribution in [0.25, 0.3) is 0 Å². The van der Waals surface area contributed by atoms with Crippen LogP contribution in [0.2, 0.25) is 0 Å². The van der Waals surface area contributed by atoms with Gasteiger partial charge in [0.1, 0.15) is 0 Å². The van der Waals surface area contributed by atoms with E-state index in [1.807, 2.05) is 0 Å². The molecule has 0 spiro atoms. The third kappa shape index (κ3) is 4.75. The van der Waals surface area contributed by atoms with Crippen molar-refractivity contribution in [1.82, 2.24) is 4.90 Å². The Morgan fingerprint density at radius 3 is 2.21 bits per heavy atom. The van der Waals surface area contributed by atoms with Crippen molar-refractivity contribution in [1.29, 1.82) is 0 Å². The average molecular weight is 267 g/mol. The molecule has 0 aliphatic heterocycles. The first-order chi connectivity index (χ1) is 9.15. The quantitative estimate of drug-likeness (QED) is 0.709. The molecular weight excluding hydrogens is 234 g/mol. The van der Waals surface area contributed by atoms with Gasteiger partial charge in [-0.15, -0.1) is 0 Å². The molecule has 2 nitrogen and oxygen atoms in total. The van der Waals surface area contributed by atoms with Crippen molar-refractivity contribution in [3.63, 3.8) is 0 Å². The molecule has 0 bridgehead atoms. The van der Waals surface area contributed by atoms with Crippen LogP contribution in [0.5, 0.6) is 0 Å². The largest absolute Gasteiger partial charge is 0.396 e. The predicted octanol–water partition coefficient (Wildman–Crippen LogP) is 3.83. The lowest BCUT2D eigenvalue weighted by molar-refractivity contribution is 0.0542. The minimum atomic E-state index is 0.218. The van der Waals surface area contributed by atoms with Crippen molar-refractivity contribution >= 4 is 0 Å². The van der Waals surface area contributed by atoms with E-state index in [2.05, 4.69) is 18.7 Å². The number of hydrogen-bond donors (Lipinski definition) is 1. The molecule has 1 N–H and O–H groups in total. The van der Waals surface area contributed by atoms with Gasteiger partial charge in [-0.3, -0.25) is 4.90 Å². The SMILES string of the molecule is CC(C)CCN(CC1(CO)CCCCCC1)C1CC1. The Kier molecular flexibility index (Phi) is 5.70. The number of rotatable bonds is 7. The van der Waals surface area contributed by atoms with Gasteiger partial charge in [0.25, 0.3) is 0 Å². The second kappa shape index (κ2) is 7.08. The number of aliphatic hydroxyl groups is 1. The van der Waals surface area contributed by atoms with E-state index in [1.165, 1.54) is 64.3 Å². The van der Waals surface area contributed by atoms with Gasteiger partial charge in [0.05, 0.1) is 0 Å². The summed E-state index contributed by atoms with van der Waals surface area (Å²) in [5.74, 6) is 0.792. The van der Waals surface area contributed by atoms with Crippen LogP contribution >= 0.6 is 0 Å². The molecule has 2 rings (SSSR count). The third-order valence-electron chi connectivity index (χ3n) is 5.10. The van der Waals surface area contributed by atoms with Crippen molar-refractivity contribution in [2.24, 2.45) is 11.3 Å². The highest BCUT2D eigenvalue weighted by Gasteiger charge is 2.37. The molecule has 0 atom stereocenters. The molecule has 0 saturated heterocycles. The Morgan fingerprint density at radius 2 is 1.74 bits per heavy atom. The molecule has 0 aromatic heterocycles. The molecule has 2 fully saturated rings. The maximum Gasteiger partial charge on any atom is 0.0499 e. The third-order valence-corrected chi connectivity index (χ3v) is 5.10. The smallest absolute Gasteiger partial charge is 0.0499 e. The van der Waals surface area contributed by atoms with Crippen molar-refractivity contribution in [3.05, 3.63) is 0 Å². The summed E-state index contributed by atoms with van der Waals surface area (Å²) in [7, 11) is 0. The topological polar surface area (TPSA) is 23.5 Å².